The summed E-state index contributed by atoms with van der Waals surface area (Å²) in [5, 5.41) is 9.41. The van der Waals surface area contributed by atoms with Gasteiger partial charge in [0.15, 0.2) is 0 Å². The van der Waals surface area contributed by atoms with Crippen molar-refractivity contribution in [2.24, 2.45) is 15.8 Å². The van der Waals surface area contributed by atoms with E-state index in [0.717, 1.165) is 5.57 Å². The van der Waals surface area contributed by atoms with Crippen LogP contribution in [0.15, 0.2) is 28.9 Å². The van der Waals surface area contributed by atoms with E-state index in [4.69, 9.17) is 0 Å². The molecule has 94 valence electrons. The third kappa shape index (κ3) is 4.01. The average molecular weight is 238 g/mol. The van der Waals surface area contributed by atoms with E-state index in [1.165, 1.54) is 0 Å². The van der Waals surface area contributed by atoms with Crippen molar-refractivity contribution >= 4 is 6.21 Å². The molecule has 17 heavy (non-hydrogen) atoms. The number of rotatable bonds is 3. The van der Waals surface area contributed by atoms with E-state index in [2.05, 4.69) is 30.6 Å². The molecular weight excluding hydrogens is 220 g/mol. The van der Waals surface area contributed by atoms with Crippen molar-refractivity contribution in [3.63, 3.8) is 0 Å². The third-order valence-corrected chi connectivity index (χ3v) is 2.57. The number of hydrogen-bond acceptors (Lipinski definition) is 4. The largest absolute Gasteiger partial charge is 0.313 e. The predicted molar refractivity (Wildman–Crippen MR) is 66.2 cm³/mol. The SMILES string of the molecule is CC1(CO[N+](=O)[O-])C=CC(C(C)(C)C)=CN=C1. The third-order valence-electron chi connectivity index (χ3n) is 2.57. The Morgan fingerprint density at radius 2 is 2.18 bits per heavy atom. The lowest BCUT2D eigenvalue weighted by Crippen LogP contribution is -2.24. The highest BCUT2D eigenvalue weighted by Gasteiger charge is 2.24. The summed E-state index contributed by atoms with van der Waals surface area (Å²) in [5.41, 5.74) is 0.540. The molecule has 1 aliphatic rings. The molecule has 1 rings (SSSR count). The zero-order chi connectivity index (χ0) is 13.1. The Morgan fingerprint density at radius 1 is 1.53 bits per heavy atom. The van der Waals surface area contributed by atoms with E-state index in [9.17, 15) is 10.1 Å². The van der Waals surface area contributed by atoms with Crippen molar-refractivity contribution in [2.75, 3.05) is 6.61 Å². The first kappa shape index (κ1) is 13.4. The molecule has 0 aromatic heterocycles. The Morgan fingerprint density at radius 3 is 2.71 bits per heavy atom. The molecule has 0 fully saturated rings. The van der Waals surface area contributed by atoms with Crippen molar-refractivity contribution in [1.82, 2.24) is 0 Å². The van der Waals surface area contributed by atoms with Crippen LogP contribution in [0.25, 0.3) is 0 Å². The van der Waals surface area contributed by atoms with Crippen molar-refractivity contribution in [1.29, 1.82) is 0 Å². The summed E-state index contributed by atoms with van der Waals surface area (Å²) in [6.45, 7) is 8.10. The second-order valence-corrected chi connectivity index (χ2v) is 5.45. The van der Waals surface area contributed by atoms with Gasteiger partial charge in [0.1, 0.15) is 6.61 Å². The van der Waals surface area contributed by atoms with Gasteiger partial charge in [-0.2, -0.15) is 0 Å². The lowest BCUT2D eigenvalue weighted by molar-refractivity contribution is -0.759. The fourth-order valence-electron chi connectivity index (χ4n) is 1.37. The second kappa shape index (κ2) is 4.69. The smallest absolute Gasteiger partial charge is 0.294 e. The van der Waals surface area contributed by atoms with Gasteiger partial charge in [-0.05, 0) is 17.9 Å². The van der Waals surface area contributed by atoms with Crippen LogP contribution in [0, 0.1) is 20.9 Å². The Labute approximate surface area is 101 Å². The average Bonchev–Trinajstić information content (AvgIpc) is 2.37. The minimum Gasteiger partial charge on any atom is -0.313 e. The highest BCUT2D eigenvalue weighted by molar-refractivity contribution is 5.70. The molecule has 0 saturated heterocycles. The summed E-state index contributed by atoms with van der Waals surface area (Å²) in [7, 11) is 0. The minimum absolute atomic E-state index is 0.00303. The van der Waals surface area contributed by atoms with Gasteiger partial charge in [0, 0.05) is 17.8 Å². The summed E-state index contributed by atoms with van der Waals surface area (Å²) in [4.78, 5) is 18.8. The fraction of sp³-hybridized carbons (Fsp3) is 0.583. The van der Waals surface area contributed by atoms with E-state index in [-0.39, 0.29) is 12.0 Å². The number of allylic oxidation sites excluding steroid dienone is 2. The first-order valence-electron chi connectivity index (χ1n) is 5.44. The monoisotopic (exact) mass is 238 g/mol. The van der Waals surface area contributed by atoms with E-state index in [0.29, 0.717) is 0 Å². The molecule has 1 atom stereocenters. The van der Waals surface area contributed by atoms with Crippen molar-refractivity contribution in [2.45, 2.75) is 27.7 Å². The zero-order valence-corrected chi connectivity index (χ0v) is 10.6. The molecule has 0 aromatic carbocycles. The van der Waals surface area contributed by atoms with Gasteiger partial charge in [0.05, 0.1) is 0 Å². The lowest BCUT2D eigenvalue weighted by Gasteiger charge is -2.20. The van der Waals surface area contributed by atoms with Gasteiger partial charge < -0.3 is 4.84 Å². The van der Waals surface area contributed by atoms with Crippen LogP contribution in [-0.2, 0) is 4.84 Å². The maximum Gasteiger partial charge on any atom is 0.294 e. The summed E-state index contributed by atoms with van der Waals surface area (Å²) in [6, 6.07) is 0. The molecule has 0 N–H and O–H groups in total. The predicted octanol–water partition coefficient (Wildman–Crippen LogP) is 2.77. The fourth-order valence-corrected chi connectivity index (χ4v) is 1.37. The standard InChI is InChI=1S/C12H18N2O3/c1-11(2,3)10-5-6-12(4,8-13-7-10)9-17-14(15)16/h5-8H,9H2,1-4H3. The molecule has 0 spiro atoms. The van der Waals surface area contributed by atoms with Crippen LogP contribution in [0.1, 0.15) is 27.7 Å². The first-order chi connectivity index (χ1) is 7.73. The minimum atomic E-state index is -0.782. The molecule has 1 unspecified atom stereocenters. The van der Waals surface area contributed by atoms with Gasteiger partial charge in [0.2, 0.25) is 0 Å². The molecule has 0 saturated carbocycles. The summed E-state index contributed by atoms with van der Waals surface area (Å²) >= 11 is 0. The quantitative estimate of drug-likeness (QED) is 0.561. The Balaban J connectivity index is 2.81. The molecule has 1 aliphatic heterocycles. The molecule has 0 aliphatic carbocycles. The Kier molecular flexibility index (Phi) is 3.70. The topological polar surface area (TPSA) is 64.7 Å². The van der Waals surface area contributed by atoms with E-state index in [1.54, 1.807) is 12.4 Å². The van der Waals surface area contributed by atoms with Gasteiger partial charge in [-0.3, -0.25) is 4.99 Å². The van der Waals surface area contributed by atoms with Gasteiger partial charge in [-0.1, -0.05) is 32.9 Å². The van der Waals surface area contributed by atoms with Crippen LogP contribution in [0.4, 0.5) is 0 Å². The van der Waals surface area contributed by atoms with Crippen LogP contribution in [-0.4, -0.2) is 17.9 Å². The molecule has 5 heteroatoms. The summed E-state index contributed by atoms with van der Waals surface area (Å²) in [6.07, 6.45) is 7.31. The molecule has 0 radical (unpaired) electrons. The van der Waals surface area contributed by atoms with Crippen LogP contribution < -0.4 is 0 Å². The number of aliphatic imine (C=N–C) groups is 1. The molecule has 0 amide bonds. The highest BCUT2D eigenvalue weighted by Crippen LogP contribution is 2.30. The van der Waals surface area contributed by atoms with Gasteiger partial charge in [-0.25, -0.2) is 0 Å². The van der Waals surface area contributed by atoms with Crippen LogP contribution in [0.3, 0.4) is 0 Å². The summed E-state index contributed by atoms with van der Waals surface area (Å²) < 4.78 is 0. The highest BCUT2D eigenvalue weighted by atomic mass is 16.9. The van der Waals surface area contributed by atoms with Crippen molar-refractivity contribution in [3.8, 4) is 0 Å². The first-order valence-corrected chi connectivity index (χ1v) is 5.44. The van der Waals surface area contributed by atoms with Crippen LogP contribution in [0.5, 0.6) is 0 Å². The van der Waals surface area contributed by atoms with Crippen molar-refractivity contribution in [3.05, 3.63) is 34.0 Å². The maximum atomic E-state index is 10.2. The molecule has 0 bridgehead atoms. The van der Waals surface area contributed by atoms with Gasteiger partial charge in [0.25, 0.3) is 5.09 Å². The maximum absolute atomic E-state index is 10.2. The van der Waals surface area contributed by atoms with E-state index < -0.39 is 10.5 Å². The molecular formula is C12H18N2O3. The molecule has 5 nitrogen and oxygen atoms in total. The number of nitrogens with zero attached hydrogens (tertiary/aromatic N) is 2. The normalized spacial score (nSPS) is 24.1. The zero-order valence-electron chi connectivity index (χ0n) is 10.6. The van der Waals surface area contributed by atoms with Crippen LogP contribution in [0.2, 0.25) is 0 Å². The van der Waals surface area contributed by atoms with Gasteiger partial charge >= 0.3 is 0 Å². The van der Waals surface area contributed by atoms with E-state index in [1.807, 2.05) is 19.1 Å². The lowest BCUT2D eigenvalue weighted by atomic mass is 9.85. The van der Waals surface area contributed by atoms with Gasteiger partial charge in [-0.15, -0.1) is 10.1 Å². The molecule has 0 aromatic rings. The Hall–Kier alpha value is -1.65. The summed E-state index contributed by atoms with van der Waals surface area (Å²) in [5.74, 6) is 0. The van der Waals surface area contributed by atoms with Crippen LogP contribution >= 0.6 is 0 Å². The second-order valence-electron chi connectivity index (χ2n) is 5.45. The van der Waals surface area contributed by atoms with Crippen molar-refractivity contribution < 1.29 is 9.92 Å². The van der Waals surface area contributed by atoms with E-state index >= 15 is 0 Å². The Bertz CT molecular complexity index is 391. The number of hydrogen-bond donors (Lipinski definition) is 0. The molecule has 1 heterocycles.